The lowest BCUT2D eigenvalue weighted by atomic mass is 10.1. The summed E-state index contributed by atoms with van der Waals surface area (Å²) in [5.74, 6) is 0.273. The van der Waals surface area contributed by atoms with Crippen molar-refractivity contribution in [2.45, 2.75) is 5.75 Å². The molecule has 0 bridgehead atoms. The van der Waals surface area contributed by atoms with Crippen LogP contribution in [0.25, 0.3) is 10.9 Å². The lowest BCUT2D eigenvalue weighted by Crippen LogP contribution is -2.13. The van der Waals surface area contributed by atoms with Crippen LogP contribution in [0.2, 0.25) is 0 Å². The number of pyridine rings is 1. The predicted octanol–water partition coefficient (Wildman–Crippen LogP) is 3.15. The minimum absolute atomic E-state index is 0.170. The van der Waals surface area contributed by atoms with Crippen molar-refractivity contribution in [2.24, 2.45) is 0 Å². The Morgan fingerprint density at radius 1 is 0.957 bits per heavy atom. The molecule has 2 aromatic carbocycles. The van der Waals surface area contributed by atoms with E-state index in [2.05, 4.69) is 4.98 Å². The van der Waals surface area contributed by atoms with Crippen LogP contribution in [-0.2, 0) is 15.9 Å². The molecule has 3 aromatic rings. The van der Waals surface area contributed by atoms with Gasteiger partial charge < -0.3 is 8.92 Å². The quantitative estimate of drug-likeness (QED) is 0.673. The zero-order valence-corrected chi connectivity index (χ0v) is 13.3. The number of benzene rings is 2. The van der Waals surface area contributed by atoms with Crippen LogP contribution in [-0.4, -0.2) is 20.5 Å². The summed E-state index contributed by atoms with van der Waals surface area (Å²) in [5, 5.41) is 0.887. The second kappa shape index (κ2) is 6.26. The van der Waals surface area contributed by atoms with Crippen molar-refractivity contribution in [1.29, 1.82) is 0 Å². The highest BCUT2D eigenvalue weighted by Crippen LogP contribution is 2.28. The number of hydrogen-bond donors (Lipinski definition) is 0. The summed E-state index contributed by atoms with van der Waals surface area (Å²) in [7, 11) is -2.37. The summed E-state index contributed by atoms with van der Waals surface area (Å²) in [5.41, 5.74) is 1.25. The van der Waals surface area contributed by atoms with Crippen LogP contribution in [0.15, 0.2) is 60.8 Å². The van der Waals surface area contributed by atoms with Crippen molar-refractivity contribution in [3.05, 3.63) is 66.4 Å². The maximum atomic E-state index is 12.4. The molecule has 0 saturated carbocycles. The molecule has 23 heavy (non-hydrogen) atoms. The Balaban J connectivity index is 1.91. The van der Waals surface area contributed by atoms with Crippen LogP contribution in [0.3, 0.4) is 0 Å². The molecule has 1 heterocycles. The first-order chi connectivity index (χ1) is 11.1. The number of rotatable bonds is 5. The van der Waals surface area contributed by atoms with Gasteiger partial charge in [-0.3, -0.25) is 4.98 Å². The SMILES string of the molecule is COc1ccccc1OS(=O)(=O)Cc1cccc2cccnc12. The number of aromatic nitrogens is 1. The Bertz CT molecular complexity index is 933. The van der Waals surface area contributed by atoms with E-state index < -0.39 is 10.1 Å². The lowest BCUT2D eigenvalue weighted by Gasteiger charge is -2.11. The number of methoxy groups -OCH3 is 1. The maximum absolute atomic E-state index is 12.4. The topological polar surface area (TPSA) is 65.5 Å². The van der Waals surface area contributed by atoms with Gasteiger partial charge in [0.15, 0.2) is 11.5 Å². The number of para-hydroxylation sites is 3. The number of hydrogen-bond acceptors (Lipinski definition) is 5. The molecule has 0 fully saturated rings. The minimum atomic E-state index is -3.83. The fourth-order valence-electron chi connectivity index (χ4n) is 2.33. The summed E-state index contributed by atoms with van der Waals surface area (Å²) in [6.07, 6.45) is 1.64. The standard InChI is InChI=1S/C17H15NO4S/c1-21-15-9-2-3-10-16(15)22-23(19,20)12-14-7-4-6-13-8-5-11-18-17(13)14/h2-11H,12H2,1H3. The molecule has 0 radical (unpaired) electrons. The number of ether oxygens (including phenoxy) is 1. The fraction of sp³-hybridized carbons (Fsp3) is 0.118. The zero-order chi connectivity index (χ0) is 16.3. The molecular weight excluding hydrogens is 314 g/mol. The summed E-state index contributed by atoms with van der Waals surface area (Å²) >= 11 is 0. The molecule has 0 atom stereocenters. The maximum Gasteiger partial charge on any atom is 0.313 e. The third kappa shape index (κ3) is 3.43. The Hall–Kier alpha value is -2.60. The van der Waals surface area contributed by atoms with E-state index >= 15 is 0 Å². The summed E-state index contributed by atoms with van der Waals surface area (Å²) in [6, 6.07) is 15.8. The molecule has 118 valence electrons. The predicted molar refractivity (Wildman–Crippen MR) is 88.0 cm³/mol. The van der Waals surface area contributed by atoms with E-state index in [1.165, 1.54) is 7.11 Å². The Morgan fingerprint density at radius 3 is 2.48 bits per heavy atom. The second-order valence-electron chi connectivity index (χ2n) is 4.93. The summed E-state index contributed by atoms with van der Waals surface area (Å²) < 4.78 is 35.1. The highest BCUT2D eigenvalue weighted by Gasteiger charge is 2.18. The van der Waals surface area contributed by atoms with E-state index in [0.29, 0.717) is 16.8 Å². The van der Waals surface area contributed by atoms with Gasteiger partial charge in [-0.15, -0.1) is 0 Å². The van der Waals surface area contributed by atoms with Crippen molar-refractivity contribution in [3.63, 3.8) is 0 Å². The average molecular weight is 329 g/mol. The van der Waals surface area contributed by atoms with E-state index in [1.807, 2.05) is 18.2 Å². The van der Waals surface area contributed by atoms with Crippen LogP contribution in [0.4, 0.5) is 0 Å². The van der Waals surface area contributed by atoms with Crippen LogP contribution in [0.5, 0.6) is 11.5 Å². The van der Waals surface area contributed by atoms with Crippen molar-refractivity contribution >= 4 is 21.0 Å². The van der Waals surface area contributed by atoms with Crippen molar-refractivity contribution < 1.29 is 17.3 Å². The van der Waals surface area contributed by atoms with E-state index in [0.717, 1.165) is 5.39 Å². The lowest BCUT2D eigenvalue weighted by molar-refractivity contribution is 0.390. The zero-order valence-electron chi connectivity index (χ0n) is 12.5. The van der Waals surface area contributed by atoms with Gasteiger partial charge in [0.2, 0.25) is 0 Å². The molecule has 5 nitrogen and oxygen atoms in total. The molecule has 0 unspecified atom stereocenters. The van der Waals surface area contributed by atoms with Crippen LogP contribution >= 0.6 is 0 Å². The second-order valence-corrected chi connectivity index (χ2v) is 6.50. The average Bonchev–Trinajstić information content (AvgIpc) is 2.55. The van der Waals surface area contributed by atoms with Gasteiger partial charge in [0.25, 0.3) is 0 Å². The first-order valence-corrected chi connectivity index (χ1v) is 8.54. The van der Waals surface area contributed by atoms with Gasteiger partial charge in [0.05, 0.1) is 12.6 Å². The van der Waals surface area contributed by atoms with Gasteiger partial charge in [-0.2, -0.15) is 8.42 Å². The van der Waals surface area contributed by atoms with E-state index in [1.54, 1.807) is 42.6 Å². The van der Waals surface area contributed by atoms with Crippen molar-refractivity contribution in [1.82, 2.24) is 4.98 Å². The Kier molecular flexibility index (Phi) is 4.16. The van der Waals surface area contributed by atoms with Crippen LogP contribution in [0, 0.1) is 0 Å². The van der Waals surface area contributed by atoms with Crippen LogP contribution < -0.4 is 8.92 Å². The van der Waals surface area contributed by atoms with Gasteiger partial charge in [0.1, 0.15) is 5.75 Å². The smallest absolute Gasteiger partial charge is 0.313 e. The van der Waals surface area contributed by atoms with Crippen molar-refractivity contribution in [2.75, 3.05) is 7.11 Å². The summed E-state index contributed by atoms with van der Waals surface area (Å²) in [6.45, 7) is 0. The molecule has 0 aliphatic rings. The van der Waals surface area contributed by atoms with Gasteiger partial charge >= 0.3 is 10.1 Å². The molecule has 0 saturated heterocycles. The molecule has 6 heteroatoms. The van der Waals surface area contributed by atoms with E-state index in [-0.39, 0.29) is 11.5 Å². The first-order valence-electron chi connectivity index (χ1n) is 6.97. The van der Waals surface area contributed by atoms with Gasteiger partial charge in [-0.1, -0.05) is 36.4 Å². The number of fused-ring (bicyclic) bond motifs is 1. The van der Waals surface area contributed by atoms with Crippen molar-refractivity contribution in [3.8, 4) is 11.5 Å². The molecule has 0 spiro atoms. The molecular formula is C17H15NO4S. The fourth-order valence-corrected chi connectivity index (χ4v) is 3.41. The Morgan fingerprint density at radius 2 is 1.70 bits per heavy atom. The molecule has 0 aliphatic heterocycles. The highest BCUT2D eigenvalue weighted by molar-refractivity contribution is 7.86. The number of nitrogens with zero attached hydrogens (tertiary/aromatic N) is 1. The molecule has 0 N–H and O–H groups in total. The third-order valence-corrected chi connectivity index (χ3v) is 4.43. The largest absolute Gasteiger partial charge is 0.493 e. The molecule has 0 amide bonds. The molecule has 3 rings (SSSR count). The van der Waals surface area contributed by atoms with E-state index in [4.69, 9.17) is 8.92 Å². The Labute approximate surface area is 134 Å². The van der Waals surface area contributed by atoms with Gasteiger partial charge in [-0.05, 0) is 23.8 Å². The van der Waals surface area contributed by atoms with Gasteiger partial charge in [-0.25, -0.2) is 0 Å². The normalized spacial score (nSPS) is 11.3. The minimum Gasteiger partial charge on any atom is -0.493 e. The first kappa shape index (κ1) is 15.3. The monoisotopic (exact) mass is 329 g/mol. The van der Waals surface area contributed by atoms with Gasteiger partial charge in [0, 0.05) is 11.6 Å². The summed E-state index contributed by atoms with van der Waals surface area (Å²) in [4.78, 5) is 4.26. The van der Waals surface area contributed by atoms with Crippen LogP contribution in [0.1, 0.15) is 5.56 Å². The highest BCUT2D eigenvalue weighted by atomic mass is 32.2. The third-order valence-electron chi connectivity index (χ3n) is 3.33. The molecule has 1 aromatic heterocycles. The van der Waals surface area contributed by atoms with E-state index in [9.17, 15) is 8.42 Å². The molecule has 0 aliphatic carbocycles.